The number of amides is 3. The van der Waals surface area contributed by atoms with Crippen molar-refractivity contribution < 1.29 is 14.0 Å². The number of hydrogen-bond donors (Lipinski definition) is 1. The molecule has 5 heteroatoms. The van der Waals surface area contributed by atoms with Gasteiger partial charge in [-0.1, -0.05) is 12.1 Å². The summed E-state index contributed by atoms with van der Waals surface area (Å²) in [5.74, 6) is -0.686. The fraction of sp³-hybridized carbons (Fsp3) is 0.385. The second kappa shape index (κ2) is 4.08. The summed E-state index contributed by atoms with van der Waals surface area (Å²) in [6.45, 7) is 5.17. The van der Waals surface area contributed by atoms with E-state index in [9.17, 15) is 14.0 Å². The Bertz CT molecular complexity index is 498. The maximum absolute atomic E-state index is 12.9. The Morgan fingerprint density at radius 2 is 1.78 bits per heavy atom. The lowest BCUT2D eigenvalue weighted by Gasteiger charge is -2.23. The van der Waals surface area contributed by atoms with E-state index in [1.807, 2.05) is 0 Å². The number of rotatable bonds is 2. The Balaban J connectivity index is 2.41. The minimum atomic E-state index is -1.12. The summed E-state index contributed by atoms with van der Waals surface area (Å²) in [5, 5.41) is 2.66. The first-order chi connectivity index (χ1) is 8.36. The monoisotopic (exact) mass is 250 g/mol. The first kappa shape index (κ1) is 12.5. The van der Waals surface area contributed by atoms with E-state index in [0.29, 0.717) is 5.56 Å². The van der Waals surface area contributed by atoms with Gasteiger partial charge in [0.05, 0.1) is 0 Å². The van der Waals surface area contributed by atoms with E-state index in [1.165, 1.54) is 29.2 Å². The zero-order valence-corrected chi connectivity index (χ0v) is 10.5. The smallest absolute Gasteiger partial charge is 0.319 e. The molecule has 1 saturated heterocycles. The van der Waals surface area contributed by atoms with Crippen LogP contribution in [-0.2, 0) is 10.3 Å². The van der Waals surface area contributed by atoms with E-state index >= 15 is 0 Å². The van der Waals surface area contributed by atoms with Gasteiger partial charge in [0, 0.05) is 6.04 Å². The predicted molar refractivity (Wildman–Crippen MR) is 64.3 cm³/mol. The largest absolute Gasteiger partial charge is 0.325 e. The third-order valence-corrected chi connectivity index (χ3v) is 3.16. The molecule has 1 unspecified atom stereocenters. The highest BCUT2D eigenvalue weighted by molar-refractivity contribution is 6.07. The van der Waals surface area contributed by atoms with Crippen molar-refractivity contribution in [2.24, 2.45) is 0 Å². The van der Waals surface area contributed by atoms with Gasteiger partial charge in [-0.05, 0) is 38.5 Å². The standard InChI is InChI=1S/C13H15FN2O2/c1-8(2)16-11(17)13(3,15-12(16)18)9-4-6-10(14)7-5-9/h4-8H,1-3H3,(H,15,18). The Kier molecular flexibility index (Phi) is 2.84. The second-order valence-corrected chi connectivity index (χ2v) is 4.83. The zero-order valence-electron chi connectivity index (χ0n) is 10.5. The molecule has 1 fully saturated rings. The maximum Gasteiger partial charge on any atom is 0.325 e. The topological polar surface area (TPSA) is 49.4 Å². The van der Waals surface area contributed by atoms with Crippen LogP contribution in [-0.4, -0.2) is 22.9 Å². The van der Waals surface area contributed by atoms with E-state index < -0.39 is 11.6 Å². The molecule has 3 amide bonds. The lowest BCUT2D eigenvalue weighted by atomic mass is 9.92. The normalized spacial score (nSPS) is 23.7. The van der Waals surface area contributed by atoms with Crippen molar-refractivity contribution in [3.05, 3.63) is 35.6 Å². The summed E-state index contributed by atoms with van der Waals surface area (Å²) in [6, 6.07) is 4.95. The lowest BCUT2D eigenvalue weighted by Crippen LogP contribution is -2.42. The molecule has 1 N–H and O–H groups in total. The molecule has 0 aromatic heterocycles. The molecule has 4 nitrogen and oxygen atoms in total. The summed E-state index contributed by atoms with van der Waals surface area (Å²) in [5.41, 5.74) is -0.542. The molecule has 0 aliphatic carbocycles. The van der Waals surface area contributed by atoms with Gasteiger partial charge in [0.25, 0.3) is 5.91 Å². The molecular weight excluding hydrogens is 235 g/mol. The van der Waals surface area contributed by atoms with Crippen LogP contribution < -0.4 is 5.32 Å². The van der Waals surface area contributed by atoms with Crippen LogP contribution in [0.1, 0.15) is 26.3 Å². The van der Waals surface area contributed by atoms with Crippen molar-refractivity contribution >= 4 is 11.9 Å². The molecule has 2 rings (SSSR count). The Morgan fingerprint density at radius 1 is 1.22 bits per heavy atom. The van der Waals surface area contributed by atoms with Crippen LogP contribution in [0.5, 0.6) is 0 Å². The van der Waals surface area contributed by atoms with Gasteiger partial charge in [0.1, 0.15) is 11.4 Å². The molecule has 1 atom stereocenters. The van der Waals surface area contributed by atoms with Gasteiger partial charge in [-0.3, -0.25) is 9.69 Å². The van der Waals surface area contributed by atoms with Crippen molar-refractivity contribution in [1.29, 1.82) is 0 Å². The Hall–Kier alpha value is -1.91. The van der Waals surface area contributed by atoms with Gasteiger partial charge >= 0.3 is 6.03 Å². The van der Waals surface area contributed by atoms with E-state index in [0.717, 1.165) is 0 Å². The number of nitrogens with zero attached hydrogens (tertiary/aromatic N) is 1. The van der Waals surface area contributed by atoms with Crippen molar-refractivity contribution in [2.75, 3.05) is 0 Å². The van der Waals surface area contributed by atoms with E-state index in [4.69, 9.17) is 0 Å². The number of halogens is 1. The van der Waals surface area contributed by atoms with Gasteiger partial charge in [-0.15, -0.1) is 0 Å². The molecule has 1 aliphatic heterocycles. The van der Waals surface area contributed by atoms with Gasteiger partial charge in [-0.2, -0.15) is 0 Å². The Morgan fingerprint density at radius 3 is 2.22 bits per heavy atom. The summed E-state index contributed by atoms with van der Waals surface area (Å²) in [6.07, 6.45) is 0. The van der Waals surface area contributed by atoms with Crippen molar-refractivity contribution in [2.45, 2.75) is 32.4 Å². The number of nitrogens with one attached hydrogen (secondary N) is 1. The molecule has 96 valence electrons. The van der Waals surface area contributed by atoms with Crippen LogP contribution in [0.25, 0.3) is 0 Å². The maximum atomic E-state index is 12.9. The number of carbonyl (C=O) groups is 2. The first-order valence-electron chi connectivity index (χ1n) is 5.78. The van der Waals surface area contributed by atoms with Crippen LogP contribution in [0.15, 0.2) is 24.3 Å². The molecule has 1 aliphatic rings. The average molecular weight is 250 g/mol. The first-order valence-corrected chi connectivity index (χ1v) is 5.78. The second-order valence-electron chi connectivity index (χ2n) is 4.83. The predicted octanol–water partition coefficient (Wildman–Crippen LogP) is 2.00. The molecule has 0 radical (unpaired) electrons. The minimum absolute atomic E-state index is 0.209. The number of carbonyl (C=O) groups excluding carboxylic acids is 2. The third-order valence-electron chi connectivity index (χ3n) is 3.16. The van der Waals surface area contributed by atoms with Gasteiger partial charge < -0.3 is 5.32 Å². The fourth-order valence-electron chi connectivity index (χ4n) is 2.11. The van der Waals surface area contributed by atoms with Gasteiger partial charge in [-0.25, -0.2) is 9.18 Å². The number of imide groups is 1. The zero-order chi connectivity index (χ0) is 13.5. The lowest BCUT2D eigenvalue weighted by molar-refractivity contribution is -0.132. The summed E-state index contributed by atoms with van der Waals surface area (Å²) < 4.78 is 12.9. The number of benzene rings is 1. The quantitative estimate of drug-likeness (QED) is 0.816. The van der Waals surface area contributed by atoms with E-state index in [1.54, 1.807) is 20.8 Å². The minimum Gasteiger partial charge on any atom is -0.319 e. The van der Waals surface area contributed by atoms with Crippen molar-refractivity contribution in [3.8, 4) is 0 Å². The van der Waals surface area contributed by atoms with Gasteiger partial charge in [0.15, 0.2) is 0 Å². The molecule has 18 heavy (non-hydrogen) atoms. The number of urea groups is 1. The van der Waals surface area contributed by atoms with Gasteiger partial charge in [0.2, 0.25) is 0 Å². The third kappa shape index (κ3) is 1.75. The molecule has 1 aromatic rings. The molecule has 1 aromatic carbocycles. The SMILES string of the molecule is CC(C)N1C(=O)NC(C)(c2ccc(F)cc2)C1=O. The van der Waals surface area contributed by atoms with Crippen LogP contribution in [0.2, 0.25) is 0 Å². The fourth-order valence-corrected chi connectivity index (χ4v) is 2.11. The van der Waals surface area contributed by atoms with Crippen LogP contribution in [0, 0.1) is 5.82 Å². The van der Waals surface area contributed by atoms with Crippen molar-refractivity contribution in [1.82, 2.24) is 10.2 Å². The molecular formula is C13H15FN2O2. The average Bonchev–Trinajstić information content (AvgIpc) is 2.51. The molecule has 0 saturated carbocycles. The summed E-state index contributed by atoms with van der Waals surface area (Å²) in [7, 11) is 0. The van der Waals surface area contributed by atoms with E-state index in [-0.39, 0.29) is 17.8 Å². The highest BCUT2D eigenvalue weighted by Gasteiger charge is 2.49. The van der Waals surface area contributed by atoms with Crippen molar-refractivity contribution in [3.63, 3.8) is 0 Å². The Labute approximate surface area is 105 Å². The van der Waals surface area contributed by atoms with Crippen LogP contribution >= 0.6 is 0 Å². The molecule has 0 bridgehead atoms. The molecule has 1 heterocycles. The van der Waals surface area contributed by atoms with Crippen LogP contribution in [0.4, 0.5) is 9.18 Å². The summed E-state index contributed by atoms with van der Waals surface area (Å²) in [4.78, 5) is 25.3. The highest BCUT2D eigenvalue weighted by Crippen LogP contribution is 2.29. The summed E-state index contributed by atoms with van der Waals surface area (Å²) >= 11 is 0. The number of hydrogen-bond acceptors (Lipinski definition) is 2. The van der Waals surface area contributed by atoms with Crippen LogP contribution in [0.3, 0.4) is 0 Å². The van der Waals surface area contributed by atoms with E-state index in [2.05, 4.69) is 5.32 Å². The highest BCUT2D eigenvalue weighted by atomic mass is 19.1. The molecule has 0 spiro atoms.